The fraction of sp³-hybridized carbons (Fsp3) is 0.273. The normalized spacial score (nSPS) is 15.3. The van der Waals surface area contributed by atoms with E-state index in [1.807, 2.05) is 24.3 Å². The van der Waals surface area contributed by atoms with Gasteiger partial charge in [0.2, 0.25) is 11.5 Å². The van der Waals surface area contributed by atoms with Crippen LogP contribution in [0.15, 0.2) is 57.7 Å². The highest BCUT2D eigenvalue weighted by molar-refractivity contribution is 6.02. The fourth-order valence-electron chi connectivity index (χ4n) is 4.00. The Balaban J connectivity index is 1.75. The SMILES string of the molecule is O=c1c2oc3ccccc3c2nc(NC2CCCCC2)n1-c1ccc(F)cc1. The van der Waals surface area contributed by atoms with Gasteiger partial charge in [0, 0.05) is 11.4 Å². The third kappa shape index (κ3) is 2.85. The Kier molecular flexibility index (Phi) is 4.11. The molecule has 28 heavy (non-hydrogen) atoms. The van der Waals surface area contributed by atoms with Crippen LogP contribution in [0, 0.1) is 5.82 Å². The van der Waals surface area contributed by atoms with Gasteiger partial charge in [0.05, 0.1) is 5.69 Å². The van der Waals surface area contributed by atoms with E-state index in [2.05, 4.69) is 5.32 Å². The summed E-state index contributed by atoms with van der Waals surface area (Å²) in [5, 5.41) is 4.28. The number of para-hydroxylation sites is 1. The van der Waals surface area contributed by atoms with E-state index < -0.39 is 0 Å². The van der Waals surface area contributed by atoms with Gasteiger partial charge in [0.25, 0.3) is 0 Å². The van der Waals surface area contributed by atoms with Crippen molar-refractivity contribution >= 4 is 28.0 Å². The zero-order valence-corrected chi connectivity index (χ0v) is 15.3. The molecule has 5 rings (SSSR count). The Hall–Kier alpha value is -3.15. The molecule has 1 saturated carbocycles. The molecule has 0 atom stereocenters. The quantitative estimate of drug-likeness (QED) is 0.545. The zero-order chi connectivity index (χ0) is 19.1. The van der Waals surface area contributed by atoms with Gasteiger partial charge in [0.15, 0.2) is 0 Å². The molecule has 1 aliphatic carbocycles. The van der Waals surface area contributed by atoms with Crippen LogP contribution < -0.4 is 10.9 Å². The first-order valence-corrected chi connectivity index (χ1v) is 9.67. The molecule has 2 aromatic carbocycles. The third-order valence-electron chi connectivity index (χ3n) is 5.42. The minimum absolute atomic E-state index is 0.208. The lowest BCUT2D eigenvalue weighted by molar-refractivity contribution is 0.460. The van der Waals surface area contributed by atoms with E-state index in [1.165, 1.54) is 23.1 Å². The molecule has 0 spiro atoms. The van der Waals surface area contributed by atoms with Crippen molar-refractivity contribution in [3.8, 4) is 5.69 Å². The number of hydrogen-bond acceptors (Lipinski definition) is 4. The molecule has 2 heterocycles. The van der Waals surface area contributed by atoms with Gasteiger partial charge < -0.3 is 9.73 Å². The number of rotatable bonds is 3. The maximum absolute atomic E-state index is 13.4. The molecular formula is C22H20FN3O2. The lowest BCUT2D eigenvalue weighted by Gasteiger charge is -2.24. The Morgan fingerprint density at radius 2 is 1.79 bits per heavy atom. The van der Waals surface area contributed by atoms with E-state index in [4.69, 9.17) is 9.40 Å². The fourth-order valence-corrected chi connectivity index (χ4v) is 4.00. The number of hydrogen-bond donors (Lipinski definition) is 1. The highest BCUT2D eigenvalue weighted by Gasteiger charge is 2.21. The monoisotopic (exact) mass is 377 g/mol. The van der Waals surface area contributed by atoms with Crippen molar-refractivity contribution in [3.63, 3.8) is 0 Å². The summed E-state index contributed by atoms with van der Waals surface area (Å²) in [5.41, 5.74) is 1.64. The van der Waals surface area contributed by atoms with Gasteiger partial charge >= 0.3 is 5.56 Å². The predicted molar refractivity (Wildman–Crippen MR) is 108 cm³/mol. The third-order valence-corrected chi connectivity index (χ3v) is 5.42. The molecule has 0 unspecified atom stereocenters. The zero-order valence-electron chi connectivity index (χ0n) is 15.3. The van der Waals surface area contributed by atoms with Crippen LogP contribution in [0.25, 0.3) is 27.8 Å². The first-order valence-electron chi connectivity index (χ1n) is 9.67. The summed E-state index contributed by atoms with van der Waals surface area (Å²) in [6.45, 7) is 0. The van der Waals surface area contributed by atoms with Crippen molar-refractivity contribution in [2.45, 2.75) is 38.1 Å². The number of nitrogens with zero attached hydrogens (tertiary/aromatic N) is 2. The summed E-state index contributed by atoms with van der Waals surface area (Å²) < 4.78 is 20.7. The van der Waals surface area contributed by atoms with Gasteiger partial charge in [-0.2, -0.15) is 0 Å². The van der Waals surface area contributed by atoms with Crippen LogP contribution in [0.1, 0.15) is 32.1 Å². The molecule has 1 aliphatic rings. The lowest BCUT2D eigenvalue weighted by Crippen LogP contribution is -2.29. The van der Waals surface area contributed by atoms with Gasteiger partial charge in [0.1, 0.15) is 16.9 Å². The van der Waals surface area contributed by atoms with Crippen LogP contribution >= 0.6 is 0 Å². The Morgan fingerprint density at radius 1 is 1.04 bits per heavy atom. The second-order valence-corrected chi connectivity index (χ2v) is 7.31. The van der Waals surface area contributed by atoms with E-state index in [-0.39, 0.29) is 23.0 Å². The maximum atomic E-state index is 13.4. The molecule has 6 heteroatoms. The maximum Gasteiger partial charge on any atom is 0.303 e. The lowest BCUT2D eigenvalue weighted by atomic mass is 9.96. The van der Waals surface area contributed by atoms with Crippen molar-refractivity contribution in [2.75, 3.05) is 5.32 Å². The molecule has 0 bridgehead atoms. The molecule has 2 aromatic heterocycles. The summed E-state index contributed by atoms with van der Waals surface area (Å²) in [5.74, 6) is 0.124. The van der Waals surface area contributed by atoms with Gasteiger partial charge in [-0.3, -0.25) is 4.79 Å². The summed E-state index contributed by atoms with van der Waals surface area (Å²) in [6, 6.07) is 13.6. The predicted octanol–water partition coefficient (Wildman–Crippen LogP) is 5.02. The van der Waals surface area contributed by atoms with Gasteiger partial charge in [-0.25, -0.2) is 13.9 Å². The highest BCUT2D eigenvalue weighted by atomic mass is 19.1. The van der Waals surface area contributed by atoms with E-state index in [1.54, 1.807) is 12.1 Å². The first kappa shape index (κ1) is 17.0. The van der Waals surface area contributed by atoms with E-state index in [0.29, 0.717) is 22.7 Å². The van der Waals surface area contributed by atoms with Crippen molar-refractivity contribution < 1.29 is 8.81 Å². The van der Waals surface area contributed by atoms with E-state index >= 15 is 0 Å². The largest absolute Gasteiger partial charge is 0.448 e. The summed E-state index contributed by atoms with van der Waals surface area (Å²) in [7, 11) is 0. The van der Waals surface area contributed by atoms with Crippen LogP contribution in [0.5, 0.6) is 0 Å². The smallest absolute Gasteiger partial charge is 0.303 e. The number of furan rings is 1. The van der Waals surface area contributed by atoms with Crippen LogP contribution in [0.4, 0.5) is 10.3 Å². The standard InChI is InChI=1S/C22H20FN3O2/c23-14-10-12-16(13-11-14)26-21(27)20-19(17-8-4-5-9-18(17)28-20)25-22(26)24-15-6-2-1-3-7-15/h4-5,8-13,15H,1-3,6-7H2,(H,24,25). The molecule has 0 saturated heterocycles. The molecular weight excluding hydrogens is 357 g/mol. The Labute approximate surface area is 160 Å². The van der Waals surface area contributed by atoms with Gasteiger partial charge in [-0.05, 0) is 49.2 Å². The minimum Gasteiger partial charge on any atom is -0.448 e. The second kappa shape index (κ2) is 6.78. The molecule has 4 aromatic rings. The molecule has 0 amide bonds. The minimum atomic E-state index is -0.351. The molecule has 142 valence electrons. The van der Waals surface area contributed by atoms with Crippen LogP contribution in [-0.4, -0.2) is 15.6 Å². The Bertz CT molecular complexity index is 1200. The number of halogens is 1. The molecule has 1 fully saturated rings. The second-order valence-electron chi connectivity index (χ2n) is 7.31. The number of fused-ring (bicyclic) bond motifs is 3. The van der Waals surface area contributed by atoms with Crippen LogP contribution in [0.2, 0.25) is 0 Å². The van der Waals surface area contributed by atoms with Crippen LogP contribution in [0.3, 0.4) is 0 Å². The number of nitrogens with one attached hydrogen (secondary N) is 1. The van der Waals surface area contributed by atoms with Crippen molar-refractivity contribution in [1.82, 2.24) is 9.55 Å². The summed E-state index contributed by atoms with van der Waals surface area (Å²) in [4.78, 5) is 18.1. The van der Waals surface area contributed by atoms with Crippen molar-refractivity contribution in [2.24, 2.45) is 0 Å². The van der Waals surface area contributed by atoms with E-state index in [9.17, 15) is 9.18 Å². The van der Waals surface area contributed by atoms with Crippen molar-refractivity contribution in [1.29, 1.82) is 0 Å². The molecule has 0 aliphatic heterocycles. The average Bonchev–Trinajstić information content (AvgIpc) is 3.09. The highest BCUT2D eigenvalue weighted by Crippen LogP contribution is 2.28. The van der Waals surface area contributed by atoms with Crippen LogP contribution in [-0.2, 0) is 0 Å². The molecule has 5 nitrogen and oxygen atoms in total. The average molecular weight is 377 g/mol. The van der Waals surface area contributed by atoms with Gasteiger partial charge in [-0.15, -0.1) is 0 Å². The number of anilines is 1. The van der Waals surface area contributed by atoms with Gasteiger partial charge in [-0.1, -0.05) is 31.4 Å². The number of benzene rings is 2. The molecule has 1 N–H and O–H groups in total. The topological polar surface area (TPSA) is 60.1 Å². The Morgan fingerprint density at radius 3 is 2.57 bits per heavy atom. The first-order chi connectivity index (χ1) is 13.7. The number of aromatic nitrogens is 2. The van der Waals surface area contributed by atoms with Crippen molar-refractivity contribution in [3.05, 3.63) is 64.7 Å². The summed E-state index contributed by atoms with van der Waals surface area (Å²) >= 11 is 0. The summed E-state index contributed by atoms with van der Waals surface area (Å²) in [6.07, 6.45) is 5.65. The van der Waals surface area contributed by atoms with E-state index in [0.717, 1.165) is 31.1 Å². The molecule has 0 radical (unpaired) electrons.